The molecule has 0 bridgehead atoms. The van der Waals surface area contributed by atoms with Crippen molar-refractivity contribution < 1.29 is 13.2 Å². The van der Waals surface area contributed by atoms with Gasteiger partial charge < -0.3 is 10.2 Å². The number of carbonyl (C=O) groups is 1. The smallest absolute Gasteiger partial charge is 0.321 e. The van der Waals surface area contributed by atoms with E-state index in [1.54, 1.807) is 38.4 Å². The largest absolute Gasteiger partial charge is 0.331 e. The molecule has 6 nitrogen and oxygen atoms in total. The molecule has 0 saturated carbocycles. The normalized spacial score (nSPS) is 10.8. The molecule has 7 heteroatoms. The summed E-state index contributed by atoms with van der Waals surface area (Å²) >= 11 is 0. The highest BCUT2D eigenvalue weighted by atomic mass is 32.2. The van der Waals surface area contributed by atoms with Gasteiger partial charge in [0.1, 0.15) is 0 Å². The molecular formula is C10H15N3O3S. The van der Waals surface area contributed by atoms with Crippen LogP contribution >= 0.6 is 0 Å². The van der Waals surface area contributed by atoms with Gasteiger partial charge in [0.2, 0.25) is 10.0 Å². The summed E-state index contributed by atoms with van der Waals surface area (Å²) in [6.07, 6.45) is 1.08. The first-order valence-electron chi connectivity index (χ1n) is 4.84. The molecule has 94 valence electrons. The molecule has 0 aliphatic heterocycles. The van der Waals surface area contributed by atoms with E-state index in [1.807, 2.05) is 0 Å². The van der Waals surface area contributed by atoms with Gasteiger partial charge in [0, 0.05) is 25.5 Å². The minimum Gasteiger partial charge on any atom is -0.331 e. The van der Waals surface area contributed by atoms with E-state index in [2.05, 4.69) is 10.0 Å². The van der Waals surface area contributed by atoms with Crippen molar-refractivity contribution in [2.75, 3.05) is 30.4 Å². The zero-order chi connectivity index (χ0) is 13.1. The second-order valence-corrected chi connectivity index (χ2v) is 5.52. The predicted molar refractivity (Wildman–Crippen MR) is 67.6 cm³/mol. The molecule has 1 aromatic rings. The van der Waals surface area contributed by atoms with Crippen LogP contribution in [-0.2, 0) is 10.0 Å². The molecule has 0 fully saturated rings. The van der Waals surface area contributed by atoms with Gasteiger partial charge in [-0.1, -0.05) is 0 Å². The summed E-state index contributed by atoms with van der Waals surface area (Å²) < 4.78 is 24.3. The maximum atomic E-state index is 11.3. The number of sulfonamides is 1. The summed E-state index contributed by atoms with van der Waals surface area (Å²) in [5.74, 6) is 0. The summed E-state index contributed by atoms with van der Waals surface area (Å²) in [5.41, 5.74) is 1.05. The van der Waals surface area contributed by atoms with Crippen LogP contribution in [0.2, 0.25) is 0 Å². The molecule has 0 aliphatic rings. The zero-order valence-corrected chi connectivity index (χ0v) is 10.7. The second-order valence-electron chi connectivity index (χ2n) is 3.78. The Labute approximate surface area is 101 Å². The molecule has 1 aromatic carbocycles. The van der Waals surface area contributed by atoms with Crippen molar-refractivity contribution in [3.05, 3.63) is 24.3 Å². The van der Waals surface area contributed by atoms with Crippen molar-refractivity contribution in [1.82, 2.24) is 4.90 Å². The van der Waals surface area contributed by atoms with Crippen LogP contribution < -0.4 is 10.0 Å². The molecule has 0 radical (unpaired) electrons. The average Bonchev–Trinajstić information content (AvgIpc) is 2.18. The summed E-state index contributed by atoms with van der Waals surface area (Å²) in [5, 5.41) is 2.64. The fraction of sp³-hybridized carbons (Fsp3) is 0.300. The Bertz CT molecular complexity index is 494. The van der Waals surface area contributed by atoms with Crippen molar-refractivity contribution in [3.8, 4) is 0 Å². The molecule has 0 saturated heterocycles. The van der Waals surface area contributed by atoms with Gasteiger partial charge in [-0.3, -0.25) is 4.72 Å². The molecular weight excluding hydrogens is 242 g/mol. The Hall–Kier alpha value is -1.76. The molecule has 0 aliphatic carbocycles. The third-order valence-electron chi connectivity index (χ3n) is 1.85. The Morgan fingerprint density at radius 3 is 2.00 bits per heavy atom. The van der Waals surface area contributed by atoms with Crippen molar-refractivity contribution in [3.63, 3.8) is 0 Å². The topological polar surface area (TPSA) is 78.5 Å². The lowest BCUT2D eigenvalue weighted by Crippen LogP contribution is -2.27. The summed E-state index contributed by atoms with van der Waals surface area (Å²) in [6, 6.07) is 6.15. The van der Waals surface area contributed by atoms with Crippen LogP contribution in [0.5, 0.6) is 0 Å². The molecule has 2 amide bonds. The standard InChI is InChI=1S/C10H15N3O3S/c1-13(2)10(14)11-8-4-6-9(7-5-8)12-17(3,15)16/h4-7,12H,1-3H3,(H,11,14). The van der Waals surface area contributed by atoms with E-state index >= 15 is 0 Å². The third-order valence-corrected chi connectivity index (χ3v) is 2.45. The van der Waals surface area contributed by atoms with E-state index in [1.165, 1.54) is 4.90 Å². The fourth-order valence-corrected chi connectivity index (χ4v) is 1.64. The first-order chi connectivity index (χ1) is 7.78. The molecule has 0 aromatic heterocycles. The van der Waals surface area contributed by atoms with E-state index < -0.39 is 10.0 Å². The highest BCUT2D eigenvalue weighted by Crippen LogP contribution is 2.14. The van der Waals surface area contributed by atoms with Crippen molar-refractivity contribution in [2.24, 2.45) is 0 Å². The highest BCUT2D eigenvalue weighted by molar-refractivity contribution is 7.92. The molecule has 0 atom stereocenters. The number of rotatable bonds is 3. The van der Waals surface area contributed by atoms with Gasteiger partial charge in [-0.15, -0.1) is 0 Å². The van der Waals surface area contributed by atoms with Crippen LogP contribution in [0.4, 0.5) is 16.2 Å². The summed E-state index contributed by atoms with van der Waals surface area (Å²) in [7, 11) is -0.00440. The van der Waals surface area contributed by atoms with Gasteiger partial charge in [-0.2, -0.15) is 0 Å². The van der Waals surface area contributed by atoms with Crippen molar-refractivity contribution in [2.45, 2.75) is 0 Å². The van der Waals surface area contributed by atoms with E-state index in [9.17, 15) is 13.2 Å². The van der Waals surface area contributed by atoms with Gasteiger partial charge in [0.25, 0.3) is 0 Å². The van der Waals surface area contributed by atoms with Gasteiger partial charge in [-0.05, 0) is 24.3 Å². The first-order valence-corrected chi connectivity index (χ1v) is 6.73. The monoisotopic (exact) mass is 257 g/mol. The number of nitrogens with zero attached hydrogens (tertiary/aromatic N) is 1. The summed E-state index contributed by atoms with van der Waals surface area (Å²) in [4.78, 5) is 12.7. The van der Waals surface area contributed by atoms with Crippen LogP contribution in [0.3, 0.4) is 0 Å². The number of benzene rings is 1. The molecule has 2 N–H and O–H groups in total. The maximum absolute atomic E-state index is 11.3. The molecule has 0 spiro atoms. The quantitative estimate of drug-likeness (QED) is 0.852. The lowest BCUT2D eigenvalue weighted by molar-refractivity contribution is 0.230. The third kappa shape index (κ3) is 4.73. The number of carbonyl (C=O) groups excluding carboxylic acids is 1. The van der Waals surface area contributed by atoms with Gasteiger partial charge in [0.15, 0.2) is 0 Å². The fourth-order valence-electron chi connectivity index (χ4n) is 1.07. The molecule has 1 rings (SSSR count). The average molecular weight is 257 g/mol. The lowest BCUT2D eigenvalue weighted by atomic mass is 10.3. The maximum Gasteiger partial charge on any atom is 0.321 e. The van der Waals surface area contributed by atoms with E-state index in [-0.39, 0.29) is 6.03 Å². The lowest BCUT2D eigenvalue weighted by Gasteiger charge is -2.12. The van der Waals surface area contributed by atoms with E-state index in [0.717, 1.165) is 6.26 Å². The number of urea groups is 1. The van der Waals surface area contributed by atoms with Crippen molar-refractivity contribution in [1.29, 1.82) is 0 Å². The number of hydrogen-bond donors (Lipinski definition) is 2. The molecule has 0 heterocycles. The Kier molecular flexibility index (Phi) is 3.95. The Morgan fingerprint density at radius 2 is 1.59 bits per heavy atom. The van der Waals surface area contributed by atoms with Crippen LogP contribution in [0, 0.1) is 0 Å². The highest BCUT2D eigenvalue weighted by Gasteiger charge is 2.04. The Morgan fingerprint density at radius 1 is 1.12 bits per heavy atom. The number of hydrogen-bond acceptors (Lipinski definition) is 3. The van der Waals surface area contributed by atoms with E-state index in [4.69, 9.17) is 0 Å². The molecule has 17 heavy (non-hydrogen) atoms. The van der Waals surface area contributed by atoms with Gasteiger partial charge in [0.05, 0.1) is 6.26 Å². The van der Waals surface area contributed by atoms with Gasteiger partial charge in [-0.25, -0.2) is 13.2 Å². The summed E-state index contributed by atoms with van der Waals surface area (Å²) in [6.45, 7) is 0. The number of anilines is 2. The SMILES string of the molecule is CN(C)C(=O)Nc1ccc(NS(C)(=O)=O)cc1. The number of amides is 2. The van der Waals surface area contributed by atoms with Crippen LogP contribution in [0.1, 0.15) is 0 Å². The Balaban J connectivity index is 2.72. The minimum absolute atomic E-state index is 0.242. The van der Waals surface area contributed by atoms with E-state index in [0.29, 0.717) is 11.4 Å². The predicted octanol–water partition coefficient (Wildman–Crippen LogP) is 1.15. The van der Waals surface area contributed by atoms with Crippen LogP contribution in [-0.4, -0.2) is 39.7 Å². The van der Waals surface area contributed by atoms with Crippen LogP contribution in [0.25, 0.3) is 0 Å². The van der Waals surface area contributed by atoms with Crippen molar-refractivity contribution >= 4 is 27.4 Å². The van der Waals surface area contributed by atoms with Crippen LogP contribution in [0.15, 0.2) is 24.3 Å². The number of nitrogens with one attached hydrogen (secondary N) is 2. The van der Waals surface area contributed by atoms with Gasteiger partial charge >= 0.3 is 6.03 Å². The zero-order valence-electron chi connectivity index (χ0n) is 9.89. The minimum atomic E-state index is -3.27. The first kappa shape index (κ1) is 13.3. The second kappa shape index (κ2) is 5.05. The molecule has 0 unspecified atom stereocenters.